The molecule has 6 nitrogen and oxygen atoms in total. The first kappa shape index (κ1) is 13.0. The number of hydrogen-bond acceptors (Lipinski definition) is 5. The van der Waals surface area contributed by atoms with Gasteiger partial charge in [-0.3, -0.25) is 14.9 Å². The lowest BCUT2D eigenvalue weighted by molar-refractivity contribution is -0.130. The average Bonchev–Trinajstić information content (AvgIpc) is 2.12. The third kappa shape index (κ3) is 5.63. The summed E-state index contributed by atoms with van der Waals surface area (Å²) in [5.41, 5.74) is 5.41. The lowest BCUT2D eigenvalue weighted by Crippen LogP contribution is -2.43. The van der Waals surface area contributed by atoms with E-state index in [0.717, 1.165) is 0 Å². The lowest BCUT2D eigenvalue weighted by atomic mass is 10.1. The van der Waals surface area contributed by atoms with Crippen LogP contribution >= 0.6 is 0 Å². The number of hydrogen-bond donors (Lipinski definition) is 4. The van der Waals surface area contributed by atoms with Crippen molar-refractivity contribution in [1.29, 1.82) is 0 Å². The number of aliphatic hydroxyl groups is 2. The molecule has 0 aromatic carbocycles. The maximum Gasteiger partial charge on any atom is 0.243 e. The minimum absolute atomic E-state index is 0.223. The van der Waals surface area contributed by atoms with Gasteiger partial charge in [0.1, 0.15) is 0 Å². The van der Waals surface area contributed by atoms with Crippen LogP contribution in [0, 0.1) is 0 Å². The quantitative estimate of drug-likeness (QED) is 0.418. The van der Waals surface area contributed by atoms with Crippen LogP contribution in [0.1, 0.15) is 19.8 Å². The van der Waals surface area contributed by atoms with Gasteiger partial charge in [-0.25, -0.2) is 0 Å². The molecule has 0 fully saturated rings. The molecule has 0 unspecified atom stereocenters. The molecule has 0 aromatic heterocycles. The Kier molecular flexibility index (Phi) is 6.02. The molecule has 0 aliphatic carbocycles. The Balaban J connectivity index is 3.78. The standard InChI is InChI=1S/C8H16N2O4/c1-5(12)10-8(14)7(9)3-2-6(13)4-11/h6-7,11,13H,2-4,9H2,1H3,(H,10,12,14)/t6-,7+/m0/s1. The second-order valence-electron chi connectivity index (χ2n) is 3.07. The number of nitrogens with two attached hydrogens (primary N) is 1. The third-order valence-corrected chi connectivity index (χ3v) is 1.66. The van der Waals surface area contributed by atoms with Crippen molar-refractivity contribution in [1.82, 2.24) is 5.32 Å². The number of aliphatic hydroxyl groups excluding tert-OH is 2. The van der Waals surface area contributed by atoms with Crippen molar-refractivity contribution in [3.05, 3.63) is 0 Å². The fourth-order valence-electron chi connectivity index (χ4n) is 0.861. The monoisotopic (exact) mass is 204 g/mol. The third-order valence-electron chi connectivity index (χ3n) is 1.66. The summed E-state index contributed by atoms with van der Waals surface area (Å²) in [6, 6.07) is -0.833. The van der Waals surface area contributed by atoms with Crippen LogP contribution in [-0.4, -0.2) is 40.8 Å². The van der Waals surface area contributed by atoms with Gasteiger partial charge in [0, 0.05) is 6.92 Å². The molecule has 0 saturated heterocycles. The van der Waals surface area contributed by atoms with Crippen LogP contribution in [0.15, 0.2) is 0 Å². The highest BCUT2D eigenvalue weighted by atomic mass is 16.3. The molecule has 0 radical (unpaired) electrons. The number of nitrogens with one attached hydrogen (secondary N) is 1. The zero-order chi connectivity index (χ0) is 11.1. The molecule has 0 aliphatic heterocycles. The molecule has 6 heteroatoms. The van der Waals surface area contributed by atoms with Crippen molar-refractivity contribution in [2.75, 3.05) is 6.61 Å². The number of rotatable bonds is 5. The lowest BCUT2D eigenvalue weighted by Gasteiger charge is -2.12. The average molecular weight is 204 g/mol. The van der Waals surface area contributed by atoms with Gasteiger partial charge in [-0.05, 0) is 12.8 Å². The van der Waals surface area contributed by atoms with Gasteiger partial charge in [0.2, 0.25) is 11.8 Å². The highest BCUT2D eigenvalue weighted by Gasteiger charge is 2.15. The number of carbonyl (C=O) groups excluding carboxylic acids is 2. The molecule has 2 amide bonds. The first-order valence-electron chi connectivity index (χ1n) is 4.33. The van der Waals surface area contributed by atoms with Gasteiger partial charge in [-0.1, -0.05) is 0 Å². The SMILES string of the molecule is CC(=O)NC(=O)[C@H](N)CC[C@H](O)CO. The largest absolute Gasteiger partial charge is 0.394 e. The van der Waals surface area contributed by atoms with Gasteiger partial charge >= 0.3 is 0 Å². The minimum Gasteiger partial charge on any atom is -0.394 e. The Morgan fingerprint density at radius 3 is 2.43 bits per heavy atom. The molecule has 0 aromatic rings. The number of amides is 2. The second-order valence-corrected chi connectivity index (χ2v) is 3.07. The smallest absolute Gasteiger partial charge is 0.243 e. The normalized spacial score (nSPS) is 14.6. The summed E-state index contributed by atoms with van der Waals surface area (Å²) in [5.74, 6) is -1.03. The predicted molar refractivity (Wildman–Crippen MR) is 49.1 cm³/mol. The van der Waals surface area contributed by atoms with E-state index in [1.54, 1.807) is 0 Å². The first-order chi connectivity index (χ1) is 6.47. The summed E-state index contributed by atoms with van der Waals surface area (Å²) in [7, 11) is 0. The Morgan fingerprint density at radius 2 is 2.00 bits per heavy atom. The topological polar surface area (TPSA) is 113 Å². The Bertz CT molecular complexity index is 208. The van der Waals surface area contributed by atoms with Crippen LogP contribution in [0.5, 0.6) is 0 Å². The van der Waals surface area contributed by atoms with Gasteiger partial charge in [-0.15, -0.1) is 0 Å². The molecule has 0 rings (SSSR count). The van der Waals surface area contributed by atoms with E-state index >= 15 is 0 Å². The molecule has 0 bridgehead atoms. The van der Waals surface area contributed by atoms with Crippen molar-refractivity contribution in [3.63, 3.8) is 0 Å². The van der Waals surface area contributed by atoms with Crippen molar-refractivity contribution >= 4 is 11.8 Å². The van der Waals surface area contributed by atoms with E-state index in [1.807, 2.05) is 5.32 Å². The van der Waals surface area contributed by atoms with Crippen molar-refractivity contribution in [2.24, 2.45) is 5.73 Å². The minimum atomic E-state index is -0.869. The highest BCUT2D eigenvalue weighted by molar-refractivity contribution is 5.96. The predicted octanol–water partition coefficient (Wildman–Crippen LogP) is -1.89. The van der Waals surface area contributed by atoms with E-state index in [9.17, 15) is 9.59 Å². The summed E-state index contributed by atoms with van der Waals surface area (Å²) in [4.78, 5) is 21.5. The molecule has 0 heterocycles. The number of carbonyl (C=O) groups is 2. The molecule has 5 N–H and O–H groups in total. The van der Waals surface area contributed by atoms with Crippen LogP contribution in [0.2, 0.25) is 0 Å². The molecule has 0 aliphatic rings. The molecule has 0 spiro atoms. The maximum absolute atomic E-state index is 11.1. The maximum atomic E-state index is 11.1. The van der Waals surface area contributed by atoms with Crippen LogP contribution < -0.4 is 11.1 Å². The van der Waals surface area contributed by atoms with Gasteiger partial charge < -0.3 is 15.9 Å². The van der Waals surface area contributed by atoms with Gasteiger partial charge in [0.05, 0.1) is 18.8 Å². The molecule has 14 heavy (non-hydrogen) atoms. The zero-order valence-corrected chi connectivity index (χ0v) is 8.06. The van der Waals surface area contributed by atoms with E-state index in [1.165, 1.54) is 6.92 Å². The van der Waals surface area contributed by atoms with Crippen LogP contribution in [-0.2, 0) is 9.59 Å². The fraction of sp³-hybridized carbons (Fsp3) is 0.750. The second kappa shape index (κ2) is 6.47. The van der Waals surface area contributed by atoms with Crippen molar-refractivity contribution < 1.29 is 19.8 Å². The molecule has 0 saturated carbocycles. The summed E-state index contributed by atoms with van der Waals surface area (Å²) in [6.45, 7) is 0.855. The molecular formula is C8H16N2O4. The first-order valence-corrected chi connectivity index (χ1v) is 4.33. The molecular weight excluding hydrogens is 188 g/mol. The van der Waals surface area contributed by atoms with E-state index in [2.05, 4.69) is 0 Å². The van der Waals surface area contributed by atoms with E-state index in [4.69, 9.17) is 15.9 Å². The summed E-state index contributed by atoms with van der Waals surface area (Å²) in [6.07, 6.45) is -0.421. The van der Waals surface area contributed by atoms with Crippen molar-refractivity contribution in [2.45, 2.75) is 31.9 Å². The van der Waals surface area contributed by atoms with Crippen molar-refractivity contribution in [3.8, 4) is 0 Å². The van der Waals surface area contributed by atoms with E-state index < -0.39 is 24.0 Å². The Hall–Kier alpha value is -0.980. The molecule has 2 atom stereocenters. The molecule has 82 valence electrons. The van der Waals surface area contributed by atoms with Gasteiger partial charge in [0.25, 0.3) is 0 Å². The van der Waals surface area contributed by atoms with Crippen LogP contribution in [0.4, 0.5) is 0 Å². The van der Waals surface area contributed by atoms with E-state index in [0.29, 0.717) is 0 Å². The fourth-order valence-corrected chi connectivity index (χ4v) is 0.861. The number of imide groups is 1. The summed E-state index contributed by atoms with van der Waals surface area (Å²) in [5, 5.41) is 19.5. The van der Waals surface area contributed by atoms with Crippen LogP contribution in [0.3, 0.4) is 0 Å². The van der Waals surface area contributed by atoms with Gasteiger partial charge in [0.15, 0.2) is 0 Å². The Labute approximate surface area is 82.1 Å². The van der Waals surface area contributed by atoms with E-state index in [-0.39, 0.29) is 19.4 Å². The summed E-state index contributed by atoms with van der Waals surface area (Å²) < 4.78 is 0. The van der Waals surface area contributed by atoms with Gasteiger partial charge in [-0.2, -0.15) is 0 Å². The Morgan fingerprint density at radius 1 is 1.43 bits per heavy atom. The zero-order valence-electron chi connectivity index (χ0n) is 8.06. The van der Waals surface area contributed by atoms with Crippen LogP contribution in [0.25, 0.3) is 0 Å². The summed E-state index contributed by atoms with van der Waals surface area (Å²) >= 11 is 0. The highest BCUT2D eigenvalue weighted by Crippen LogP contribution is 1.99.